The minimum Gasteiger partial charge on any atom is -0.334 e. The van der Waals surface area contributed by atoms with Gasteiger partial charge < -0.3 is 4.52 Å². The Balaban J connectivity index is 1.85. The lowest BCUT2D eigenvalue weighted by atomic mass is 10.2. The quantitative estimate of drug-likeness (QED) is 0.718. The van der Waals surface area contributed by atoms with E-state index in [1.54, 1.807) is 29.9 Å². The molecule has 7 heteroatoms. The van der Waals surface area contributed by atoms with Gasteiger partial charge in [-0.25, -0.2) is 0 Å². The smallest absolute Gasteiger partial charge is 0.250 e. The van der Waals surface area contributed by atoms with Crippen molar-refractivity contribution in [1.29, 1.82) is 0 Å². The van der Waals surface area contributed by atoms with Crippen LogP contribution in [0.15, 0.2) is 28.8 Å². The van der Waals surface area contributed by atoms with E-state index < -0.39 is 0 Å². The predicted molar refractivity (Wildman–Crippen MR) is 86.6 cm³/mol. The van der Waals surface area contributed by atoms with Gasteiger partial charge in [-0.05, 0) is 37.3 Å². The Bertz CT molecular complexity index is 834. The Morgan fingerprint density at radius 3 is 2.50 bits per heavy atom. The van der Waals surface area contributed by atoms with Crippen LogP contribution in [0.3, 0.4) is 0 Å². The molecule has 112 valence electrons. The van der Waals surface area contributed by atoms with E-state index in [0.717, 1.165) is 16.8 Å². The van der Waals surface area contributed by atoms with Gasteiger partial charge in [0.25, 0.3) is 5.89 Å². The molecule has 0 N–H and O–H groups in total. The zero-order valence-corrected chi connectivity index (χ0v) is 13.4. The number of halogens is 2. The normalized spacial score (nSPS) is 11.5. The molecule has 0 amide bonds. The Hall–Kier alpha value is -2.11. The van der Waals surface area contributed by atoms with E-state index >= 15 is 0 Å². The maximum Gasteiger partial charge on any atom is 0.250 e. The fourth-order valence-corrected chi connectivity index (χ4v) is 2.37. The molecule has 2 heterocycles. The van der Waals surface area contributed by atoms with Crippen LogP contribution >= 0.6 is 23.2 Å². The summed E-state index contributed by atoms with van der Waals surface area (Å²) in [7, 11) is 1.79. The van der Waals surface area contributed by atoms with Crippen LogP contribution in [0.4, 0.5) is 0 Å². The van der Waals surface area contributed by atoms with Gasteiger partial charge in [-0.2, -0.15) is 10.1 Å². The van der Waals surface area contributed by atoms with Crippen molar-refractivity contribution in [3.63, 3.8) is 0 Å². The first-order valence-corrected chi connectivity index (χ1v) is 7.27. The Morgan fingerprint density at radius 1 is 1.14 bits per heavy atom. The van der Waals surface area contributed by atoms with Crippen molar-refractivity contribution in [2.75, 3.05) is 0 Å². The molecule has 3 aromatic rings. The standard InChI is InChI=1S/C15H12Cl2N4O/c1-9-12(14(17)21(2)19-9)7-8-13-18-15(20-22-13)10-3-5-11(16)6-4-10/h3-8H,1-2H3. The van der Waals surface area contributed by atoms with E-state index in [1.807, 2.05) is 25.1 Å². The number of nitrogens with zero attached hydrogens (tertiary/aromatic N) is 4. The first kappa shape index (κ1) is 14.8. The Kier molecular flexibility index (Phi) is 4.00. The molecule has 0 aliphatic heterocycles. The Labute approximate surface area is 137 Å². The van der Waals surface area contributed by atoms with E-state index in [0.29, 0.717) is 21.9 Å². The molecular weight excluding hydrogens is 323 g/mol. The largest absolute Gasteiger partial charge is 0.334 e. The van der Waals surface area contributed by atoms with Gasteiger partial charge in [0, 0.05) is 29.3 Å². The van der Waals surface area contributed by atoms with Crippen LogP contribution < -0.4 is 0 Å². The molecule has 0 aliphatic carbocycles. The van der Waals surface area contributed by atoms with Crippen LogP contribution in [0.2, 0.25) is 10.2 Å². The summed E-state index contributed by atoms with van der Waals surface area (Å²) in [5.74, 6) is 0.898. The number of hydrogen-bond acceptors (Lipinski definition) is 4. The fourth-order valence-electron chi connectivity index (χ4n) is 2.01. The highest BCUT2D eigenvalue weighted by molar-refractivity contribution is 6.31. The minimum atomic E-state index is 0.393. The van der Waals surface area contributed by atoms with Gasteiger partial charge in [0.1, 0.15) is 5.15 Å². The van der Waals surface area contributed by atoms with Crippen molar-refractivity contribution in [2.24, 2.45) is 7.05 Å². The van der Waals surface area contributed by atoms with Crippen molar-refractivity contribution < 1.29 is 4.52 Å². The van der Waals surface area contributed by atoms with Crippen molar-refractivity contribution in [3.05, 3.63) is 51.6 Å². The van der Waals surface area contributed by atoms with Crippen molar-refractivity contribution in [1.82, 2.24) is 19.9 Å². The van der Waals surface area contributed by atoms with E-state index in [9.17, 15) is 0 Å². The summed E-state index contributed by atoms with van der Waals surface area (Å²) >= 11 is 12.0. The number of aromatic nitrogens is 4. The molecule has 0 saturated heterocycles. The lowest BCUT2D eigenvalue weighted by Gasteiger charge is -1.93. The van der Waals surface area contributed by atoms with Gasteiger partial charge in [-0.15, -0.1) is 0 Å². The summed E-state index contributed by atoms with van der Waals surface area (Å²) in [6, 6.07) is 7.23. The Morgan fingerprint density at radius 2 is 1.86 bits per heavy atom. The molecule has 0 radical (unpaired) electrons. The van der Waals surface area contributed by atoms with Crippen LogP contribution in [0.25, 0.3) is 23.5 Å². The third-order valence-electron chi connectivity index (χ3n) is 3.13. The maximum absolute atomic E-state index is 6.17. The van der Waals surface area contributed by atoms with Crippen molar-refractivity contribution in [3.8, 4) is 11.4 Å². The van der Waals surface area contributed by atoms with E-state index in [-0.39, 0.29) is 0 Å². The van der Waals surface area contributed by atoms with Gasteiger partial charge in [0.2, 0.25) is 5.82 Å². The highest BCUT2D eigenvalue weighted by atomic mass is 35.5. The average molecular weight is 335 g/mol. The van der Waals surface area contributed by atoms with E-state index in [2.05, 4.69) is 15.2 Å². The molecule has 0 atom stereocenters. The monoisotopic (exact) mass is 334 g/mol. The first-order valence-electron chi connectivity index (χ1n) is 6.51. The molecule has 1 aromatic carbocycles. The summed E-state index contributed by atoms with van der Waals surface area (Å²) in [6.07, 6.45) is 3.52. The number of rotatable bonds is 3. The van der Waals surface area contributed by atoms with Crippen LogP contribution in [0, 0.1) is 6.92 Å². The number of aryl methyl sites for hydroxylation is 2. The van der Waals surface area contributed by atoms with Crippen LogP contribution in [-0.2, 0) is 7.05 Å². The lowest BCUT2D eigenvalue weighted by molar-refractivity contribution is 0.411. The van der Waals surface area contributed by atoms with Gasteiger partial charge in [0.05, 0.1) is 5.69 Å². The minimum absolute atomic E-state index is 0.393. The maximum atomic E-state index is 6.17. The molecule has 5 nitrogen and oxygen atoms in total. The SMILES string of the molecule is Cc1nn(C)c(Cl)c1C=Cc1nc(-c2ccc(Cl)cc2)no1. The van der Waals surface area contributed by atoms with Crippen molar-refractivity contribution in [2.45, 2.75) is 6.92 Å². The third-order valence-corrected chi connectivity index (χ3v) is 3.83. The molecule has 0 fully saturated rings. The van der Waals surface area contributed by atoms with Crippen LogP contribution in [0.1, 0.15) is 17.1 Å². The molecule has 0 unspecified atom stereocenters. The first-order chi connectivity index (χ1) is 10.5. The molecule has 0 bridgehead atoms. The summed E-state index contributed by atoms with van der Waals surface area (Å²) in [5, 5.41) is 9.40. The average Bonchev–Trinajstić information content (AvgIpc) is 3.05. The second-order valence-electron chi connectivity index (χ2n) is 4.71. The highest BCUT2D eigenvalue weighted by Crippen LogP contribution is 2.22. The lowest BCUT2D eigenvalue weighted by Crippen LogP contribution is -1.88. The van der Waals surface area contributed by atoms with E-state index in [1.165, 1.54) is 0 Å². The van der Waals surface area contributed by atoms with Gasteiger partial charge in [-0.3, -0.25) is 4.68 Å². The molecule has 0 aliphatic rings. The van der Waals surface area contributed by atoms with E-state index in [4.69, 9.17) is 27.7 Å². The molecule has 3 rings (SSSR count). The fraction of sp³-hybridized carbons (Fsp3) is 0.133. The summed E-state index contributed by atoms with van der Waals surface area (Å²) in [4.78, 5) is 4.31. The molecule has 0 spiro atoms. The number of benzene rings is 1. The molecule has 2 aromatic heterocycles. The summed E-state index contributed by atoms with van der Waals surface area (Å²) in [5.41, 5.74) is 2.50. The summed E-state index contributed by atoms with van der Waals surface area (Å²) < 4.78 is 6.82. The topological polar surface area (TPSA) is 56.7 Å². The van der Waals surface area contributed by atoms with Gasteiger partial charge in [-0.1, -0.05) is 28.4 Å². The van der Waals surface area contributed by atoms with Gasteiger partial charge >= 0.3 is 0 Å². The zero-order valence-electron chi connectivity index (χ0n) is 11.9. The predicted octanol–water partition coefficient (Wildman–Crippen LogP) is 4.26. The zero-order chi connectivity index (χ0) is 15.7. The highest BCUT2D eigenvalue weighted by Gasteiger charge is 2.10. The molecule has 0 saturated carbocycles. The second kappa shape index (κ2) is 5.94. The summed E-state index contributed by atoms with van der Waals surface area (Å²) in [6.45, 7) is 1.89. The van der Waals surface area contributed by atoms with Crippen molar-refractivity contribution >= 4 is 35.4 Å². The molecule has 22 heavy (non-hydrogen) atoms. The molecular formula is C15H12Cl2N4O. The van der Waals surface area contributed by atoms with Gasteiger partial charge in [0.15, 0.2) is 0 Å². The van der Waals surface area contributed by atoms with Crippen LogP contribution in [-0.4, -0.2) is 19.9 Å². The second-order valence-corrected chi connectivity index (χ2v) is 5.50. The van der Waals surface area contributed by atoms with Crippen LogP contribution in [0.5, 0.6) is 0 Å². The third kappa shape index (κ3) is 2.91. The number of hydrogen-bond donors (Lipinski definition) is 0.